The quantitative estimate of drug-likeness (QED) is 0.604. The Hall–Kier alpha value is -3.80. The molecule has 1 aromatic heterocycles. The van der Waals surface area contributed by atoms with Crippen molar-refractivity contribution in [3.05, 3.63) is 111 Å². The second-order valence-electron chi connectivity index (χ2n) is 7.56. The molecule has 1 atom stereocenters. The Morgan fingerprint density at radius 1 is 1.12 bits per heavy atom. The number of rotatable bonds is 3. The summed E-state index contributed by atoms with van der Waals surface area (Å²) in [6.45, 7) is 0.0775. The molecule has 2 aliphatic heterocycles. The predicted molar refractivity (Wildman–Crippen MR) is 125 cm³/mol. The molecule has 9 heteroatoms. The van der Waals surface area contributed by atoms with Gasteiger partial charge in [0, 0.05) is 23.0 Å². The zero-order valence-electron chi connectivity index (χ0n) is 17.1. The van der Waals surface area contributed by atoms with Gasteiger partial charge in [-0.3, -0.25) is 9.29 Å². The maximum atomic E-state index is 14.1. The highest BCUT2D eigenvalue weighted by Crippen LogP contribution is 2.51. The van der Waals surface area contributed by atoms with Crippen molar-refractivity contribution in [1.82, 2.24) is 4.98 Å². The molecule has 2 aliphatic rings. The number of nitrogens with two attached hydrogens (primary N) is 1. The smallest absolute Gasteiger partial charge is 0.265 e. The van der Waals surface area contributed by atoms with Crippen molar-refractivity contribution in [1.29, 1.82) is 5.26 Å². The van der Waals surface area contributed by atoms with E-state index in [9.17, 15) is 13.7 Å². The molecule has 5 rings (SSSR count). The molecule has 164 valence electrons. The van der Waals surface area contributed by atoms with Gasteiger partial charge in [-0.1, -0.05) is 41.9 Å². The van der Waals surface area contributed by atoms with E-state index in [1.165, 1.54) is 10.5 Å². The molecule has 0 radical (unpaired) electrons. The van der Waals surface area contributed by atoms with Gasteiger partial charge < -0.3 is 10.5 Å². The van der Waals surface area contributed by atoms with E-state index in [1.807, 2.05) is 6.07 Å². The first-order valence-electron chi connectivity index (χ1n) is 10.00. The minimum absolute atomic E-state index is 0.0242. The first-order valence-corrected chi connectivity index (χ1v) is 11.8. The van der Waals surface area contributed by atoms with Crippen LogP contribution in [0, 0.1) is 11.3 Å². The molecule has 3 aromatic rings. The number of nitrogens with zero attached hydrogens (tertiary/aromatic N) is 3. The number of nitriles is 1. The third-order valence-corrected chi connectivity index (χ3v) is 7.75. The number of aromatic nitrogens is 1. The first kappa shape index (κ1) is 21.1. The van der Waals surface area contributed by atoms with Crippen LogP contribution in [-0.4, -0.2) is 13.4 Å². The standard InChI is InChI=1S/C24H17ClN4O3S/c25-17-9-7-15(8-10-17)14-29-20-6-2-1-5-18(20)22-23(33(29,30)31)21(16-4-3-11-28-13-16)19(12-26)24(27)32-22/h1-11,13,21H,14,27H2/t21-/m0/s1. The summed E-state index contributed by atoms with van der Waals surface area (Å²) in [6, 6.07) is 19.5. The van der Waals surface area contributed by atoms with Crippen molar-refractivity contribution >= 4 is 33.1 Å². The van der Waals surface area contributed by atoms with Crippen LogP contribution in [0.15, 0.2) is 89.4 Å². The Morgan fingerprint density at radius 3 is 2.58 bits per heavy atom. The lowest BCUT2D eigenvalue weighted by molar-refractivity contribution is 0.357. The minimum atomic E-state index is -4.12. The molecule has 0 unspecified atom stereocenters. The molecule has 0 bridgehead atoms. The minimum Gasteiger partial charge on any atom is -0.439 e. The van der Waals surface area contributed by atoms with Crippen LogP contribution >= 0.6 is 11.6 Å². The molecule has 7 nitrogen and oxygen atoms in total. The van der Waals surface area contributed by atoms with Gasteiger partial charge in [-0.2, -0.15) is 5.26 Å². The van der Waals surface area contributed by atoms with E-state index in [0.29, 0.717) is 21.8 Å². The molecule has 0 fully saturated rings. The fourth-order valence-electron chi connectivity index (χ4n) is 4.11. The van der Waals surface area contributed by atoms with E-state index in [1.54, 1.807) is 66.9 Å². The first-order chi connectivity index (χ1) is 15.9. The number of fused-ring (bicyclic) bond motifs is 2. The summed E-state index contributed by atoms with van der Waals surface area (Å²) in [4.78, 5) is 4.09. The van der Waals surface area contributed by atoms with Crippen molar-refractivity contribution < 1.29 is 13.2 Å². The normalized spacial score (nSPS) is 18.8. The molecule has 33 heavy (non-hydrogen) atoms. The highest BCUT2D eigenvalue weighted by Gasteiger charge is 2.47. The van der Waals surface area contributed by atoms with E-state index in [4.69, 9.17) is 22.1 Å². The lowest BCUT2D eigenvalue weighted by Gasteiger charge is -2.38. The van der Waals surface area contributed by atoms with Crippen molar-refractivity contribution in [2.45, 2.75) is 12.5 Å². The summed E-state index contributed by atoms with van der Waals surface area (Å²) < 4.78 is 35.3. The number of benzene rings is 2. The van der Waals surface area contributed by atoms with Crippen LogP contribution in [0.4, 0.5) is 5.69 Å². The van der Waals surface area contributed by atoms with Gasteiger partial charge in [0.25, 0.3) is 10.0 Å². The van der Waals surface area contributed by atoms with Crippen molar-refractivity contribution in [2.24, 2.45) is 5.73 Å². The van der Waals surface area contributed by atoms with Gasteiger partial charge in [0.2, 0.25) is 5.88 Å². The lowest BCUT2D eigenvalue weighted by Crippen LogP contribution is -2.39. The number of hydrogen-bond acceptors (Lipinski definition) is 6. The molecular formula is C24H17ClN4O3S. The molecule has 3 heterocycles. The van der Waals surface area contributed by atoms with Gasteiger partial charge in [-0.15, -0.1) is 0 Å². The van der Waals surface area contributed by atoms with E-state index in [0.717, 1.165) is 5.56 Å². The summed E-state index contributed by atoms with van der Waals surface area (Å²) >= 11 is 6.01. The van der Waals surface area contributed by atoms with E-state index in [2.05, 4.69) is 4.98 Å². The Labute approximate surface area is 196 Å². The average Bonchev–Trinajstić information content (AvgIpc) is 2.82. The largest absolute Gasteiger partial charge is 0.439 e. The number of allylic oxidation sites excluding steroid dienone is 2. The number of ether oxygens (including phenoxy) is 1. The molecule has 0 aliphatic carbocycles. The van der Waals surface area contributed by atoms with E-state index < -0.39 is 15.9 Å². The zero-order chi connectivity index (χ0) is 23.2. The summed E-state index contributed by atoms with van der Waals surface area (Å²) in [5.41, 5.74) is 8.45. The summed E-state index contributed by atoms with van der Waals surface area (Å²) in [7, 11) is -4.12. The maximum absolute atomic E-state index is 14.1. The number of pyridine rings is 1. The van der Waals surface area contributed by atoms with E-state index >= 15 is 0 Å². The Morgan fingerprint density at radius 2 is 1.88 bits per heavy atom. The van der Waals surface area contributed by atoms with E-state index in [-0.39, 0.29) is 28.7 Å². The molecule has 0 amide bonds. The zero-order valence-corrected chi connectivity index (χ0v) is 18.7. The molecule has 0 spiro atoms. The Balaban J connectivity index is 1.75. The number of anilines is 1. The fraction of sp³-hybridized carbons (Fsp3) is 0.0833. The van der Waals surface area contributed by atoms with Crippen LogP contribution in [-0.2, 0) is 21.3 Å². The van der Waals surface area contributed by atoms with Crippen LogP contribution in [0.1, 0.15) is 22.6 Å². The fourth-order valence-corrected chi connectivity index (χ4v) is 6.15. The lowest BCUT2D eigenvalue weighted by atomic mass is 9.89. The van der Waals surface area contributed by atoms with Crippen molar-refractivity contribution in [2.75, 3.05) is 4.31 Å². The van der Waals surface area contributed by atoms with Gasteiger partial charge in [-0.05, 0) is 41.5 Å². The monoisotopic (exact) mass is 476 g/mol. The van der Waals surface area contributed by atoms with Crippen molar-refractivity contribution in [3.8, 4) is 6.07 Å². The maximum Gasteiger partial charge on any atom is 0.265 e. The highest BCUT2D eigenvalue weighted by atomic mass is 35.5. The van der Waals surface area contributed by atoms with Gasteiger partial charge >= 0.3 is 0 Å². The number of halogens is 1. The van der Waals surface area contributed by atoms with Crippen LogP contribution in [0.2, 0.25) is 5.02 Å². The van der Waals surface area contributed by atoms with Crippen LogP contribution in [0.25, 0.3) is 5.76 Å². The number of hydrogen-bond donors (Lipinski definition) is 1. The third-order valence-electron chi connectivity index (χ3n) is 5.62. The summed E-state index contributed by atoms with van der Waals surface area (Å²) in [5, 5.41) is 10.4. The Bertz CT molecular complexity index is 1460. The molecular weight excluding hydrogens is 460 g/mol. The van der Waals surface area contributed by atoms with Crippen LogP contribution in [0.3, 0.4) is 0 Å². The van der Waals surface area contributed by atoms with Crippen LogP contribution in [0.5, 0.6) is 0 Å². The van der Waals surface area contributed by atoms with Crippen LogP contribution < -0.4 is 10.0 Å². The second-order valence-corrected chi connectivity index (χ2v) is 9.83. The molecule has 0 saturated heterocycles. The summed E-state index contributed by atoms with van der Waals surface area (Å²) in [6.07, 6.45) is 3.11. The number of sulfonamides is 1. The second kappa shape index (κ2) is 7.96. The Kier molecular flexibility index (Phi) is 5.08. The molecule has 0 saturated carbocycles. The van der Waals surface area contributed by atoms with Gasteiger partial charge in [0.05, 0.1) is 18.2 Å². The van der Waals surface area contributed by atoms with Gasteiger partial charge in [-0.25, -0.2) is 8.42 Å². The van der Waals surface area contributed by atoms with Gasteiger partial charge in [0.15, 0.2) is 5.76 Å². The van der Waals surface area contributed by atoms with Gasteiger partial charge in [0.1, 0.15) is 16.5 Å². The third kappa shape index (κ3) is 3.42. The predicted octanol–water partition coefficient (Wildman–Crippen LogP) is 4.26. The summed E-state index contributed by atoms with van der Waals surface area (Å²) in [5.74, 6) is -0.942. The number of para-hydroxylation sites is 1. The topological polar surface area (TPSA) is 109 Å². The average molecular weight is 477 g/mol. The molecule has 2 aromatic carbocycles. The highest BCUT2D eigenvalue weighted by molar-refractivity contribution is 7.96. The SMILES string of the molecule is N#CC1=C(N)OC2=C([C@H]1c1cccnc1)S(=O)(=O)N(Cc1ccc(Cl)cc1)c1ccccc12. The van der Waals surface area contributed by atoms with Crippen molar-refractivity contribution in [3.63, 3.8) is 0 Å². The molecule has 2 N–H and O–H groups in total.